The Hall–Kier alpha value is -1.91. The molecule has 0 N–H and O–H groups in total. The zero-order chi connectivity index (χ0) is 13.1. The van der Waals surface area contributed by atoms with E-state index in [0.29, 0.717) is 18.2 Å². The first-order valence-electron chi connectivity index (χ1n) is 6.17. The zero-order valence-corrected chi connectivity index (χ0v) is 11.0. The SMILES string of the molecule is CCC(C)n1ccc(CC(=O)c2ccn(C)n2)n1. The minimum absolute atomic E-state index is 0.00463. The molecule has 0 aliphatic carbocycles. The van der Waals surface area contributed by atoms with Crippen molar-refractivity contribution in [2.75, 3.05) is 0 Å². The lowest BCUT2D eigenvalue weighted by Gasteiger charge is -2.07. The van der Waals surface area contributed by atoms with Gasteiger partial charge in [-0.25, -0.2) is 0 Å². The van der Waals surface area contributed by atoms with Crippen LogP contribution in [0.3, 0.4) is 0 Å². The number of rotatable bonds is 5. The summed E-state index contributed by atoms with van der Waals surface area (Å²) in [4.78, 5) is 12.0. The van der Waals surface area contributed by atoms with Gasteiger partial charge in [0.15, 0.2) is 5.78 Å². The van der Waals surface area contributed by atoms with Gasteiger partial charge in [-0.3, -0.25) is 14.2 Å². The fourth-order valence-electron chi connectivity index (χ4n) is 1.72. The van der Waals surface area contributed by atoms with Crippen molar-refractivity contribution in [2.45, 2.75) is 32.7 Å². The molecular weight excluding hydrogens is 228 g/mol. The third-order valence-corrected chi connectivity index (χ3v) is 3.05. The number of aromatic nitrogens is 4. The van der Waals surface area contributed by atoms with Crippen LogP contribution in [-0.2, 0) is 13.5 Å². The van der Waals surface area contributed by atoms with Gasteiger partial charge < -0.3 is 0 Å². The highest BCUT2D eigenvalue weighted by Gasteiger charge is 2.12. The molecular formula is C13H18N4O. The van der Waals surface area contributed by atoms with Crippen LogP contribution < -0.4 is 0 Å². The Morgan fingerprint density at radius 1 is 1.33 bits per heavy atom. The summed E-state index contributed by atoms with van der Waals surface area (Å²) in [5.74, 6) is 0.00463. The van der Waals surface area contributed by atoms with Crippen molar-refractivity contribution in [2.24, 2.45) is 7.05 Å². The van der Waals surface area contributed by atoms with Crippen molar-refractivity contribution in [3.8, 4) is 0 Å². The van der Waals surface area contributed by atoms with Gasteiger partial charge in [0, 0.05) is 25.5 Å². The lowest BCUT2D eigenvalue weighted by Crippen LogP contribution is -2.08. The molecule has 2 aromatic heterocycles. The van der Waals surface area contributed by atoms with E-state index >= 15 is 0 Å². The van der Waals surface area contributed by atoms with Gasteiger partial charge in [0.05, 0.1) is 12.1 Å². The molecule has 1 unspecified atom stereocenters. The van der Waals surface area contributed by atoms with Crippen LogP contribution in [0.2, 0.25) is 0 Å². The number of carbonyl (C=O) groups is 1. The van der Waals surface area contributed by atoms with Crippen molar-refractivity contribution in [1.82, 2.24) is 19.6 Å². The Kier molecular flexibility index (Phi) is 3.60. The smallest absolute Gasteiger partial charge is 0.189 e. The Morgan fingerprint density at radius 3 is 2.72 bits per heavy atom. The second-order valence-corrected chi connectivity index (χ2v) is 4.52. The normalized spacial score (nSPS) is 12.6. The maximum Gasteiger partial charge on any atom is 0.189 e. The van der Waals surface area contributed by atoms with Crippen LogP contribution in [0.5, 0.6) is 0 Å². The Balaban J connectivity index is 2.05. The monoisotopic (exact) mass is 246 g/mol. The van der Waals surface area contributed by atoms with Crippen LogP contribution in [-0.4, -0.2) is 25.3 Å². The quantitative estimate of drug-likeness (QED) is 0.758. The number of hydrogen-bond donors (Lipinski definition) is 0. The molecule has 96 valence electrons. The third-order valence-electron chi connectivity index (χ3n) is 3.05. The molecule has 2 rings (SSSR count). The van der Waals surface area contributed by atoms with E-state index in [1.54, 1.807) is 24.0 Å². The van der Waals surface area contributed by atoms with E-state index in [0.717, 1.165) is 12.1 Å². The first-order chi connectivity index (χ1) is 8.60. The highest BCUT2D eigenvalue weighted by molar-refractivity contribution is 5.95. The molecule has 0 radical (unpaired) electrons. The third kappa shape index (κ3) is 2.67. The summed E-state index contributed by atoms with van der Waals surface area (Å²) in [5.41, 5.74) is 1.29. The summed E-state index contributed by atoms with van der Waals surface area (Å²) in [6, 6.07) is 3.99. The van der Waals surface area contributed by atoms with Gasteiger partial charge in [-0.2, -0.15) is 10.2 Å². The van der Waals surface area contributed by atoms with E-state index in [9.17, 15) is 4.79 Å². The number of aryl methyl sites for hydroxylation is 1. The summed E-state index contributed by atoms with van der Waals surface area (Å²) in [5, 5.41) is 8.51. The summed E-state index contributed by atoms with van der Waals surface area (Å²) in [6.45, 7) is 4.22. The zero-order valence-electron chi connectivity index (χ0n) is 11.0. The van der Waals surface area contributed by atoms with Crippen molar-refractivity contribution < 1.29 is 4.79 Å². The van der Waals surface area contributed by atoms with Crippen LogP contribution in [0.25, 0.3) is 0 Å². The first-order valence-corrected chi connectivity index (χ1v) is 6.17. The minimum Gasteiger partial charge on any atom is -0.292 e. The molecule has 5 nitrogen and oxygen atoms in total. The van der Waals surface area contributed by atoms with E-state index in [1.165, 1.54) is 0 Å². The number of Topliss-reactive ketones (excluding diaryl/α,β-unsaturated/α-hetero) is 1. The number of carbonyl (C=O) groups excluding carboxylic acids is 1. The topological polar surface area (TPSA) is 52.7 Å². The molecule has 0 aliphatic rings. The van der Waals surface area contributed by atoms with E-state index in [-0.39, 0.29) is 5.78 Å². The van der Waals surface area contributed by atoms with Gasteiger partial charge >= 0.3 is 0 Å². The van der Waals surface area contributed by atoms with E-state index in [4.69, 9.17) is 0 Å². The summed E-state index contributed by atoms with van der Waals surface area (Å²) < 4.78 is 3.53. The highest BCUT2D eigenvalue weighted by atomic mass is 16.1. The van der Waals surface area contributed by atoms with Crippen molar-refractivity contribution in [3.63, 3.8) is 0 Å². The summed E-state index contributed by atoms with van der Waals surface area (Å²) >= 11 is 0. The number of hydrogen-bond acceptors (Lipinski definition) is 3. The van der Waals surface area contributed by atoms with Gasteiger partial charge in [0.25, 0.3) is 0 Å². The van der Waals surface area contributed by atoms with Crippen molar-refractivity contribution >= 4 is 5.78 Å². The molecule has 0 aromatic carbocycles. The number of nitrogens with zero attached hydrogens (tertiary/aromatic N) is 4. The van der Waals surface area contributed by atoms with E-state index in [2.05, 4.69) is 24.0 Å². The average molecular weight is 246 g/mol. The Morgan fingerprint density at radius 2 is 2.11 bits per heavy atom. The molecule has 0 amide bonds. The molecule has 18 heavy (non-hydrogen) atoms. The highest BCUT2D eigenvalue weighted by Crippen LogP contribution is 2.10. The van der Waals surface area contributed by atoms with E-state index < -0.39 is 0 Å². The molecule has 2 aromatic rings. The van der Waals surface area contributed by atoms with Crippen LogP contribution in [0.4, 0.5) is 0 Å². The molecule has 1 atom stereocenters. The average Bonchev–Trinajstić information content (AvgIpc) is 2.97. The van der Waals surface area contributed by atoms with Gasteiger partial charge in [0.1, 0.15) is 5.69 Å². The molecule has 2 heterocycles. The first kappa shape index (κ1) is 12.5. The van der Waals surface area contributed by atoms with E-state index in [1.807, 2.05) is 16.9 Å². The van der Waals surface area contributed by atoms with Gasteiger partial charge in [-0.1, -0.05) is 6.92 Å². The van der Waals surface area contributed by atoms with Crippen LogP contribution in [0.15, 0.2) is 24.5 Å². The van der Waals surface area contributed by atoms with Gasteiger partial charge in [0.2, 0.25) is 0 Å². The summed E-state index contributed by atoms with van der Waals surface area (Å²) in [6.07, 6.45) is 5.02. The Bertz CT molecular complexity index is 541. The Labute approximate surface area is 106 Å². The molecule has 0 fully saturated rings. The molecule has 0 spiro atoms. The molecule has 5 heteroatoms. The largest absolute Gasteiger partial charge is 0.292 e. The van der Waals surface area contributed by atoms with Crippen molar-refractivity contribution in [3.05, 3.63) is 35.9 Å². The second kappa shape index (κ2) is 5.16. The van der Waals surface area contributed by atoms with Gasteiger partial charge in [-0.15, -0.1) is 0 Å². The standard InChI is InChI=1S/C13H18N4O/c1-4-10(2)17-8-5-11(14-17)9-13(18)12-6-7-16(3)15-12/h5-8,10H,4,9H2,1-3H3. The second-order valence-electron chi connectivity index (χ2n) is 4.52. The fraction of sp³-hybridized carbons (Fsp3) is 0.462. The fourth-order valence-corrected chi connectivity index (χ4v) is 1.72. The molecule has 0 saturated carbocycles. The molecule has 0 aliphatic heterocycles. The maximum absolute atomic E-state index is 12.0. The minimum atomic E-state index is 0.00463. The predicted molar refractivity (Wildman–Crippen MR) is 68.5 cm³/mol. The van der Waals surface area contributed by atoms with Crippen LogP contribution in [0.1, 0.15) is 42.5 Å². The molecule has 0 bridgehead atoms. The van der Waals surface area contributed by atoms with Gasteiger partial charge in [-0.05, 0) is 25.5 Å². The molecule has 0 saturated heterocycles. The lowest BCUT2D eigenvalue weighted by atomic mass is 10.2. The van der Waals surface area contributed by atoms with Crippen LogP contribution in [0, 0.1) is 0 Å². The predicted octanol–water partition coefficient (Wildman–Crippen LogP) is 2.01. The lowest BCUT2D eigenvalue weighted by molar-refractivity contribution is 0.0986. The summed E-state index contributed by atoms with van der Waals surface area (Å²) in [7, 11) is 1.80. The van der Waals surface area contributed by atoms with Crippen molar-refractivity contribution in [1.29, 1.82) is 0 Å². The van der Waals surface area contributed by atoms with Crippen LogP contribution >= 0.6 is 0 Å². The maximum atomic E-state index is 12.0. The number of ketones is 1.